The van der Waals surface area contributed by atoms with Gasteiger partial charge >= 0.3 is 0 Å². The van der Waals surface area contributed by atoms with Gasteiger partial charge < -0.3 is 24.4 Å². The van der Waals surface area contributed by atoms with Gasteiger partial charge in [0.15, 0.2) is 11.5 Å². The number of Topliss-reactive ketones (excluding diaryl/α,β-unsaturated/α-hetero) is 1. The van der Waals surface area contributed by atoms with E-state index in [4.69, 9.17) is 9.47 Å². The molecule has 1 saturated heterocycles. The number of amides is 1. The summed E-state index contributed by atoms with van der Waals surface area (Å²) < 4.78 is 10.5. The van der Waals surface area contributed by atoms with Crippen LogP contribution in [-0.4, -0.2) is 72.9 Å². The fourth-order valence-electron chi connectivity index (χ4n) is 3.96. The lowest BCUT2D eigenvalue weighted by atomic mass is 9.94. The Bertz CT molecular complexity index is 1140. The first-order chi connectivity index (χ1) is 16.2. The molecule has 0 radical (unpaired) electrons. The van der Waals surface area contributed by atoms with Crippen LogP contribution in [-0.2, 0) is 9.59 Å². The Morgan fingerprint density at radius 1 is 1.12 bits per heavy atom. The van der Waals surface area contributed by atoms with E-state index < -0.39 is 28.4 Å². The largest absolute Gasteiger partial charge is 0.507 e. The van der Waals surface area contributed by atoms with Crippen LogP contribution in [0.1, 0.15) is 23.6 Å². The lowest BCUT2D eigenvalue weighted by molar-refractivity contribution is -0.384. The first-order valence-electron chi connectivity index (χ1n) is 10.6. The fraction of sp³-hybridized carbons (Fsp3) is 0.333. The van der Waals surface area contributed by atoms with Crippen molar-refractivity contribution in [2.75, 3.05) is 41.4 Å². The van der Waals surface area contributed by atoms with Gasteiger partial charge in [0.05, 0.1) is 30.8 Å². The summed E-state index contributed by atoms with van der Waals surface area (Å²) in [6.07, 6.45) is 0.571. The molecule has 0 bridgehead atoms. The standard InChI is InChI=1S/C24H27N3O7/c1-25(2)11-6-12-26-21(15-7-5-8-17(13-15)27(31)32)20(23(29)24(26)30)22(28)16-9-10-18(33-3)19(14-16)34-4/h5,7-10,13-14,21,28H,6,11-12H2,1-4H3/b22-20+/t21-/m0/s1. The maximum Gasteiger partial charge on any atom is 0.295 e. The number of nitro groups is 1. The monoisotopic (exact) mass is 469 g/mol. The molecule has 0 aromatic heterocycles. The van der Waals surface area contributed by atoms with E-state index in [-0.39, 0.29) is 23.4 Å². The van der Waals surface area contributed by atoms with Gasteiger partial charge in [0.2, 0.25) is 0 Å². The third-order valence-corrected chi connectivity index (χ3v) is 5.60. The second-order valence-electron chi connectivity index (χ2n) is 8.07. The van der Waals surface area contributed by atoms with Gasteiger partial charge in [-0.25, -0.2) is 0 Å². The molecule has 1 aliphatic rings. The van der Waals surface area contributed by atoms with E-state index in [9.17, 15) is 24.8 Å². The van der Waals surface area contributed by atoms with Gasteiger partial charge in [-0.3, -0.25) is 19.7 Å². The smallest absolute Gasteiger partial charge is 0.295 e. The van der Waals surface area contributed by atoms with Crippen LogP contribution in [0.5, 0.6) is 11.5 Å². The Labute approximate surface area is 197 Å². The molecule has 0 unspecified atom stereocenters. The Hall–Kier alpha value is -3.92. The lowest BCUT2D eigenvalue weighted by Crippen LogP contribution is -2.32. The molecule has 1 fully saturated rings. The van der Waals surface area contributed by atoms with Crippen LogP contribution in [0.15, 0.2) is 48.0 Å². The van der Waals surface area contributed by atoms with E-state index >= 15 is 0 Å². The average molecular weight is 469 g/mol. The summed E-state index contributed by atoms with van der Waals surface area (Å²) in [7, 11) is 6.69. The molecule has 10 heteroatoms. The van der Waals surface area contributed by atoms with Crippen molar-refractivity contribution in [1.82, 2.24) is 9.80 Å². The molecule has 1 N–H and O–H groups in total. The molecule has 0 spiro atoms. The van der Waals surface area contributed by atoms with Crippen molar-refractivity contribution >= 4 is 23.1 Å². The molecule has 1 atom stereocenters. The molecule has 3 rings (SSSR count). The van der Waals surface area contributed by atoms with Crippen molar-refractivity contribution in [3.05, 3.63) is 69.3 Å². The fourth-order valence-corrected chi connectivity index (χ4v) is 3.96. The second-order valence-corrected chi connectivity index (χ2v) is 8.07. The summed E-state index contributed by atoms with van der Waals surface area (Å²) >= 11 is 0. The number of aliphatic hydroxyl groups is 1. The molecule has 1 aliphatic heterocycles. The van der Waals surface area contributed by atoms with E-state index in [1.54, 1.807) is 18.2 Å². The van der Waals surface area contributed by atoms with Gasteiger partial charge in [-0.15, -0.1) is 0 Å². The van der Waals surface area contributed by atoms with Crippen molar-refractivity contribution < 1.29 is 29.1 Å². The van der Waals surface area contributed by atoms with Crippen LogP contribution in [0.4, 0.5) is 5.69 Å². The number of likely N-dealkylation sites (tertiary alicyclic amines) is 1. The van der Waals surface area contributed by atoms with Crippen molar-refractivity contribution in [3.8, 4) is 11.5 Å². The SMILES string of the molecule is COc1ccc(/C(O)=C2\C(=O)C(=O)N(CCCN(C)C)[C@H]2c2cccc([N+](=O)[O-])c2)cc1OC. The zero-order chi connectivity index (χ0) is 25.0. The number of nitro benzene ring substituents is 1. The van der Waals surface area contributed by atoms with E-state index in [1.165, 1.54) is 43.4 Å². The Kier molecular flexibility index (Phi) is 7.52. The summed E-state index contributed by atoms with van der Waals surface area (Å²) in [6, 6.07) is 9.37. The molecule has 0 saturated carbocycles. The average Bonchev–Trinajstić information content (AvgIpc) is 3.08. The number of hydrogen-bond acceptors (Lipinski definition) is 8. The molecule has 1 amide bonds. The Morgan fingerprint density at radius 3 is 2.44 bits per heavy atom. The third-order valence-electron chi connectivity index (χ3n) is 5.60. The maximum atomic E-state index is 13.1. The number of methoxy groups -OCH3 is 2. The number of carbonyl (C=O) groups is 2. The summed E-state index contributed by atoms with van der Waals surface area (Å²) in [5.41, 5.74) is 0.296. The molecule has 34 heavy (non-hydrogen) atoms. The number of non-ortho nitro benzene ring substituents is 1. The van der Waals surface area contributed by atoms with Gasteiger partial charge in [0.25, 0.3) is 17.4 Å². The van der Waals surface area contributed by atoms with Crippen LogP contribution in [0.25, 0.3) is 5.76 Å². The summed E-state index contributed by atoms with van der Waals surface area (Å²) in [6.45, 7) is 0.902. The van der Waals surface area contributed by atoms with Crippen LogP contribution in [0, 0.1) is 10.1 Å². The molecule has 2 aromatic carbocycles. The van der Waals surface area contributed by atoms with Crippen LogP contribution in [0.2, 0.25) is 0 Å². The zero-order valence-corrected chi connectivity index (χ0v) is 19.5. The predicted molar refractivity (Wildman–Crippen MR) is 125 cm³/mol. The van der Waals surface area contributed by atoms with Gasteiger partial charge in [-0.2, -0.15) is 0 Å². The van der Waals surface area contributed by atoms with Crippen LogP contribution < -0.4 is 9.47 Å². The molecule has 2 aromatic rings. The van der Waals surface area contributed by atoms with E-state index in [0.29, 0.717) is 30.0 Å². The van der Waals surface area contributed by atoms with E-state index in [1.807, 2.05) is 19.0 Å². The molecule has 180 valence electrons. The van der Waals surface area contributed by atoms with Gasteiger partial charge in [-0.05, 0) is 50.8 Å². The highest BCUT2D eigenvalue weighted by Crippen LogP contribution is 2.41. The van der Waals surface area contributed by atoms with Crippen LogP contribution in [0.3, 0.4) is 0 Å². The normalized spacial score (nSPS) is 17.3. The number of rotatable bonds is 9. The van der Waals surface area contributed by atoms with Gasteiger partial charge in [-0.1, -0.05) is 12.1 Å². The van der Waals surface area contributed by atoms with Crippen molar-refractivity contribution in [2.24, 2.45) is 0 Å². The number of benzene rings is 2. The highest BCUT2D eigenvalue weighted by Gasteiger charge is 2.46. The number of aliphatic hydroxyl groups excluding tert-OH is 1. The highest BCUT2D eigenvalue weighted by molar-refractivity contribution is 6.46. The number of carbonyl (C=O) groups excluding carboxylic acids is 2. The maximum absolute atomic E-state index is 13.1. The Morgan fingerprint density at radius 2 is 1.82 bits per heavy atom. The van der Waals surface area contributed by atoms with Crippen LogP contribution >= 0.6 is 0 Å². The first-order valence-corrected chi connectivity index (χ1v) is 10.6. The number of nitrogens with zero attached hydrogens (tertiary/aromatic N) is 3. The zero-order valence-electron chi connectivity index (χ0n) is 19.5. The summed E-state index contributed by atoms with van der Waals surface area (Å²) in [4.78, 5) is 40.2. The molecule has 1 heterocycles. The van der Waals surface area contributed by atoms with Gasteiger partial charge in [0, 0.05) is 24.2 Å². The second kappa shape index (κ2) is 10.3. The highest BCUT2D eigenvalue weighted by atomic mass is 16.6. The van der Waals surface area contributed by atoms with E-state index in [0.717, 1.165) is 0 Å². The topological polar surface area (TPSA) is 122 Å². The minimum Gasteiger partial charge on any atom is -0.507 e. The number of ether oxygens (including phenoxy) is 2. The first kappa shape index (κ1) is 24.7. The third kappa shape index (κ3) is 4.86. The lowest BCUT2D eigenvalue weighted by Gasteiger charge is -2.26. The van der Waals surface area contributed by atoms with E-state index in [2.05, 4.69) is 0 Å². The van der Waals surface area contributed by atoms with Crippen molar-refractivity contribution in [2.45, 2.75) is 12.5 Å². The summed E-state index contributed by atoms with van der Waals surface area (Å²) in [5.74, 6) is -1.26. The predicted octanol–water partition coefficient (Wildman–Crippen LogP) is 2.99. The number of ketones is 1. The summed E-state index contributed by atoms with van der Waals surface area (Å²) in [5, 5.41) is 22.5. The number of hydrogen-bond donors (Lipinski definition) is 1. The molecule has 10 nitrogen and oxygen atoms in total. The molecular weight excluding hydrogens is 442 g/mol. The minimum absolute atomic E-state index is 0.137. The molecule has 0 aliphatic carbocycles. The van der Waals surface area contributed by atoms with Gasteiger partial charge in [0.1, 0.15) is 5.76 Å². The quantitative estimate of drug-likeness (QED) is 0.196. The van der Waals surface area contributed by atoms with Crippen molar-refractivity contribution in [1.29, 1.82) is 0 Å². The van der Waals surface area contributed by atoms with Crippen molar-refractivity contribution in [3.63, 3.8) is 0 Å². The Balaban J connectivity index is 2.16. The molecular formula is C24H27N3O7. The minimum atomic E-state index is -0.977.